The number of aromatic nitrogens is 2. The van der Waals surface area contributed by atoms with Crippen LogP contribution in [0.25, 0.3) is 5.69 Å². The Morgan fingerprint density at radius 3 is 2.74 bits per heavy atom. The molecule has 3 N–H and O–H groups in total. The van der Waals surface area contributed by atoms with E-state index in [0.717, 1.165) is 0 Å². The summed E-state index contributed by atoms with van der Waals surface area (Å²) in [5, 5.41) is 15.0. The molecule has 0 spiro atoms. The van der Waals surface area contributed by atoms with Crippen molar-refractivity contribution in [2.75, 3.05) is 27.3 Å². The summed E-state index contributed by atoms with van der Waals surface area (Å²) in [6, 6.07) is 7.14. The van der Waals surface area contributed by atoms with E-state index in [1.54, 1.807) is 43.3 Å². The molecule has 0 atom stereocenters. The Morgan fingerprint density at radius 1 is 1.48 bits per heavy atom. The van der Waals surface area contributed by atoms with E-state index in [1.807, 2.05) is 0 Å². The molecule has 124 valence electrons. The summed E-state index contributed by atoms with van der Waals surface area (Å²) >= 11 is 5.19. The van der Waals surface area contributed by atoms with Gasteiger partial charge in [-0.15, -0.1) is 0 Å². The van der Waals surface area contributed by atoms with Gasteiger partial charge in [-0.2, -0.15) is 0 Å². The van der Waals surface area contributed by atoms with Gasteiger partial charge in [0.15, 0.2) is 5.11 Å². The largest absolute Gasteiger partial charge is 0.497 e. The second-order valence-electron chi connectivity index (χ2n) is 4.66. The molecule has 0 saturated carbocycles. The van der Waals surface area contributed by atoms with Crippen molar-refractivity contribution in [1.29, 1.82) is 0 Å². The maximum Gasteiger partial charge on any atom is 0.432 e. The molecular formula is C14H19N4O4S+. The molecule has 0 unspecified atom stereocenters. The number of H-pyrrole nitrogens is 1. The number of thiocarbonyl (C=S) groups is 1. The van der Waals surface area contributed by atoms with Crippen LogP contribution in [0.15, 0.2) is 33.6 Å². The molecule has 8 nitrogen and oxygen atoms in total. The van der Waals surface area contributed by atoms with Crippen molar-refractivity contribution in [3.63, 3.8) is 0 Å². The van der Waals surface area contributed by atoms with E-state index in [4.69, 9.17) is 26.6 Å². The van der Waals surface area contributed by atoms with Crippen LogP contribution in [0.5, 0.6) is 5.75 Å². The van der Waals surface area contributed by atoms with Crippen LogP contribution in [-0.4, -0.2) is 47.7 Å². The van der Waals surface area contributed by atoms with E-state index in [0.29, 0.717) is 28.8 Å². The number of rotatable bonds is 6. The number of benzene rings is 1. The first-order valence-electron chi connectivity index (χ1n) is 6.95. The van der Waals surface area contributed by atoms with Gasteiger partial charge < -0.3 is 20.1 Å². The van der Waals surface area contributed by atoms with Crippen molar-refractivity contribution in [3.8, 4) is 11.4 Å². The molecule has 0 saturated heterocycles. The zero-order valence-electron chi connectivity index (χ0n) is 12.9. The first kappa shape index (κ1) is 17.0. The van der Waals surface area contributed by atoms with Crippen LogP contribution in [0.4, 0.5) is 0 Å². The lowest BCUT2D eigenvalue weighted by Gasteiger charge is -2.21. The predicted octanol–water partition coefficient (Wildman–Crippen LogP) is -0.448. The van der Waals surface area contributed by atoms with Gasteiger partial charge in [-0.25, -0.2) is 4.79 Å². The Bertz CT molecular complexity index is 710. The number of ether oxygens (including phenoxy) is 1. The number of methoxy groups -OCH3 is 1. The second-order valence-corrected chi connectivity index (χ2v) is 5.05. The zero-order valence-corrected chi connectivity index (χ0v) is 13.7. The van der Waals surface area contributed by atoms with Crippen molar-refractivity contribution in [2.45, 2.75) is 6.54 Å². The van der Waals surface area contributed by atoms with Crippen LogP contribution >= 0.6 is 12.2 Å². The van der Waals surface area contributed by atoms with Gasteiger partial charge in [-0.3, -0.25) is 4.52 Å². The maximum absolute atomic E-state index is 12.0. The standard InChI is InChI=1S/C14H18N4O4S/c1-15-14(23)17(7-8-19)9-12-13(20)22-16-18(12)10-3-5-11(21-2)6-4-10/h3-6,19H,7-9H2,1-2H3,(H-,15,16,20,23)/p+1. The highest BCUT2D eigenvalue weighted by Gasteiger charge is 2.26. The van der Waals surface area contributed by atoms with E-state index < -0.39 is 5.63 Å². The smallest absolute Gasteiger partial charge is 0.432 e. The highest BCUT2D eigenvalue weighted by molar-refractivity contribution is 7.80. The third-order valence-electron chi connectivity index (χ3n) is 3.28. The molecule has 1 aromatic heterocycles. The molecule has 0 bridgehead atoms. The van der Waals surface area contributed by atoms with Crippen LogP contribution in [0.3, 0.4) is 0 Å². The average molecular weight is 339 g/mol. The number of aliphatic hydroxyl groups excluding tert-OH is 1. The van der Waals surface area contributed by atoms with E-state index >= 15 is 0 Å². The summed E-state index contributed by atoms with van der Waals surface area (Å²) in [5.74, 6) is 0.708. The van der Waals surface area contributed by atoms with Gasteiger partial charge >= 0.3 is 11.3 Å². The van der Waals surface area contributed by atoms with Crippen molar-refractivity contribution in [1.82, 2.24) is 15.5 Å². The summed E-state index contributed by atoms with van der Waals surface area (Å²) in [7, 11) is 3.27. The predicted molar refractivity (Wildman–Crippen MR) is 86.6 cm³/mol. The number of hydrogen-bond acceptors (Lipinski definition) is 5. The number of aliphatic hydroxyl groups is 1. The Balaban J connectivity index is 2.33. The van der Waals surface area contributed by atoms with Crippen molar-refractivity contribution in [3.05, 3.63) is 40.4 Å². The molecule has 2 aromatic rings. The SMILES string of the molecule is CNC(=S)N(CCO)Cc1c(=O)o[nH][n+]1-c1ccc(OC)cc1. The van der Waals surface area contributed by atoms with Gasteiger partial charge in [0.2, 0.25) is 5.69 Å². The van der Waals surface area contributed by atoms with Crippen LogP contribution in [0.2, 0.25) is 0 Å². The molecule has 2 rings (SSSR count). The lowest BCUT2D eigenvalue weighted by Crippen LogP contribution is -2.46. The average Bonchev–Trinajstić information content (AvgIpc) is 2.94. The summed E-state index contributed by atoms with van der Waals surface area (Å²) in [4.78, 5) is 13.7. The first-order valence-corrected chi connectivity index (χ1v) is 7.36. The van der Waals surface area contributed by atoms with Gasteiger partial charge in [0.25, 0.3) is 0 Å². The second kappa shape index (κ2) is 7.75. The molecule has 0 aliphatic heterocycles. The van der Waals surface area contributed by atoms with E-state index in [9.17, 15) is 4.79 Å². The van der Waals surface area contributed by atoms with Crippen LogP contribution < -0.4 is 20.4 Å². The molecule has 1 aromatic carbocycles. The molecular weight excluding hydrogens is 320 g/mol. The fourth-order valence-corrected chi connectivity index (χ4v) is 2.24. The van der Waals surface area contributed by atoms with Gasteiger partial charge in [-0.1, -0.05) is 0 Å². The Hall–Kier alpha value is -2.39. The minimum absolute atomic E-state index is 0.0832. The van der Waals surface area contributed by atoms with E-state index in [-0.39, 0.29) is 13.2 Å². The molecule has 9 heteroatoms. The highest BCUT2D eigenvalue weighted by atomic mass is 32.1. The summed E-state index contributed by atoms with van der Waals surface area (Å²) < 4.78 is 11.5. The normalized spacial score (nSPS) is 10.4. The third kappa shape index (κ3) is 3.88. The first-order chi connectivity index (χ1) is 11.1. The molecule has 0 amide bonds. The fourth-order valence-electron chi connectivity index (χ4n) is 2.08. The summed E-state index contributed by atoms with van der Waals surface area (Å²) in [6.45, 7) is 0.408. The number of nitrogens with zero attached hydrogens (tertiary/aromatic N) is 2. The summed E-state index contributed by atoms with van der Waals surface area (Å²) in [5.41, 5.74) is 0.579. The van der Waals surface area contributed by atoms with Gasteiger partial charge in [0.05, 0.1) is 13.7 Å². The van der Waals surface area contributed by atoms with Gasteiger partial charge in [0, 0.05) is 25.7 Å². The van der Waals surface area contributed by atoms with Crippen molar-refractivity contribution >= 4 is 17.3 Å². The quantitative estimate of drug-likeness (QED) is 0.485. The third-order valence-corrected chi connectivity index (χ3v) is 3.74. The molecule has 1 heterocycles. The number of hydrogen-bond donors (Lipinski definition) is 3. The topological polar surface area (TPSA) is 94.6 Å². The lowest BCUT2D eigenvalue weighted by molar-refractivity contribution is -0.678. The number of nitrogens with one attached hydrogen (secondary N) is 2. The minimum Gasteiger partial charge on any atom is -0.497 e. The Kier molecular flexibility index (Phi) is 5.72. The Morgan fingerprint density at radius 2 is 2.17 bits per heavy atom. The molecule has 0 aliphatic rings. The molecule has 0 fully saturated rings. The number of aromatic amines is 1. The van der Waals surface area contributed by atoms with Crippen molar-refractivity contribution < 1.29 is 19.0 Å². The zero-order chi connectivity index (χ0) is 16.8. The summed E-state index contributed by atoms with van der Waals surface area (Å²) in [6.07, 6.45) is 0. The van der Waals surface area contributed by atoms with E-state index in [1.165, 1.54) is 4.68 Å². The van der Waals surface area contributed by atoms with Gasteiger partial charge in [-0.05, 0) is 34.3 Å². The van der Waals surface area contributed by atoms with Crippen molar-refractivity contribution in [2.24, 2.45) is 0 Å². The molecule has 23 heavy (non-hydrogen) atoms. The van der Waals surface area contributed by atoms with Gasteiger partial charge in [0.1, 0.15) is 12.3 Å². The molecule has 0 radical (unpaired) electrons. The fraction of sp³-hybridized carbons (Fsp3) is 0.357. The Labute approximate surface area is 138 Å². The van der Waals surface area contributed by atoms with Crippen LogP contribution in [0.1, 0.15) is 5.69 Å². The lowest BCUT2D eigenvalue weighted by atomic mass is 10.3. The highest BCUT2D eigenvalue weighted by Crippen LogP contribution is 2.11. The van der Waals surface area contributed by atoms with Crippen LogP contribution in [-0.2, 0) is 6.54 Å². The minimum atomic E-state index is -0.498. The maximum atomic E-state index is 12.0. The van der Waals surface area contributed by atoms with Crippen LogP contribution in [0, 0.1) is 0 Å². The van der Waals surface area contributed by atoms with E-state index in [2.05, 4.69) is 10.6 Å². The molecule has 0 aliphatic carbocycles. The monoisotopic (exact) mass is 339 g/mol.